The first kappa shape index (κ1) is 9.67. The molecule has 0 aromatic carbocycles. The minimum absolute atomic E-state index is 0.0930. The highest BCUT2D eigenvalue weighted by Gasteiger charge is 2.00. The van der Waals surface area contributed by atoms with Gasteiger partial charge >= 0.3 is 0 Å². The van der Waals surface area contributed by atoms with Crippen molar-refractivity contribution in [1.29, 1.82) is 0 Å². The first-order valence-electron chi connectivity index (χ1n) is 4.50. The molecule has 78 valence electrons. The average Bonchev–Trinajstić information content (AvgIpc) is 2.64. The number of nitrogens with zero attached hydrogens (tertiary/aromatic N) is 3. The van der Waals surface area contributed by atoms with Crippen LogP contribution in [0.3, 0.4) is 0 Å². The minimum Gasteiger partial charge on any atom is -0.454 e. The van der Waals surface area contributed by atoms with E-state index >= 15 is 0 Å². The van der Waals surface area contributed by atoms with Crippen molar-refractivity contribution < 1.29 is 9.84 Å². The third-order valence-corrected chi connectivity index (χ3v) is 1.87. The van der Waals surface area contributed by atoms with Gasteiger partial charge in [0.05, 0.1) is 24.7 Å². The van der Waals surface area contributed by atoms with E-state index in [1.807, 2.05) is 7.05 Å². The van der Waals surface area contributed by atoms with Crippen LogP contribution in [0.1, 0.15) is 5.69 Å². The van der Waals surface area contributed by atoms with Crippen molar-refractivity contribution in [2.24, 2.45) is 7.05 Å². The lowest BCUT2D eigenvalue weighted by Crippen LogP contribution is -1.90. The van der Waals surface area contributed by atoms with E-state index in [0.29, 0.717) is 17.2 Å². The zero-order valence-corrected chi connectivity index (χ0v) is 8.29. The van der Waals surface area contributed by atoms with E-state index in [9.17, 15) is 0 Å². The molecule has 0 spiro atoms. The Morgan fingerprint density at radius 2 is 2.33 bits per heavy atom. The van der Waals surface area contributed by atoms with Gasteiger partial charge in [-0.3, -0.25) is 9.67 Å². The average molecular weight is 205 g/mol. The highest BCUT2D eigenvalue weighted by Crippen LogP contribution is 2.20. The number of rotatable bonds is 3. The largest absolute Gasteiger partial charge is 0.454 e. The van der Waals surface area contributed by atoms with Crippen LogP contribution in [0.4, 0.5) is 0 Å². The molecule has 0 bridgehead atoms. The topological polar surface area (TPSA) is 60.2 Å². The van der Waals surface area contributed by atoms with Gasteiger partial charge in [-0.25, -0.2) is 0 Å². The van der Waals surface area contributed by atoms with Gasteiger partial charge in [0.25, 0.3) is 0 Å². The number of hydrogen-bond donors (Lipinski definition) is 1. The molecule has 0 aliphatic rings. The Balaban J connectivity index is 2.16. The molecule has 0 aliphatic heterocycles. The summed E-state index contributed by atoms with van der Waals surface area (Å²) in [4.78, 5) is 3.95. The molecule has 0 amide bonds. The van der Waals surface area contributed by atoms with E-state index < -0.39 is 0 Å². The second-order valence-corrected chi connectivity index (χ2v) is 3.09. The van der Waals surface area contributed by atoms with Crippen LogP contribution in [-0.2, 0) is 13.7 Å². The highest BCUT2D eigenvalue weighted by atomic mass is 16.5. The minimum atomic E-state index is -0.0930. The number of aryl methyl sites for hydroxylation is 1. The standard InChI is InChI=1S/C10H11N3O2/c1-13-6-10(5-12-13)15-9-2-3-11-8(4-9)7-14/h2-6,14H,7H2,1H3. The van der Waals surface area contributed by atoms with E-state index in [4.69, 9.17) is 9.84 Å². The zero-order valence-electron chi connectivity index (χ0n) is 8.29. The summed E-state index contributed by atoms with van der Waals surface area (Å²) in [5, 5.41) is 12.9. The van der Waals surface area contributed by atoms with Crippen LogP contribution in [0.25, 0.3) is 0 Å². The number of aliphatic hydroxyl groups excluding tert-OH is 1. The van der Waals surface area contributed by atoms with Crippen molar-refractivity contribution in [2.45, 2.75) is 6.61 Å². The van der Waals surface area contributed by atoms with Crippen LogP contribution in [0.15, 0.2) is 30.7 Å². The molecule has 5 heteroatoms. The molecule has 0 atom stereocenters. The fourth-order valence-corrected chi connectivity index (χ4v) is 1.19. The second-order valence-electron chi connectivity index (χ2n) is 3.09. The Hall–Kier alpha value is -1.88. The first-order chi connectivity index (χ1) is 7.28. The quantitative estimate of drug-likeness (QED) is 0.815. The fourth-order valence-electron chi connectivity index (χ4n) is 1.19. The summed E-state index contributed by atoms with van der Waals surface area (Å²) in [5.74, 6) is 1.30. The molecule has 0 saturated heterocycles. The number of pyridine rings is 1. The number of ether oxygens (including phenoxy) is 1. The molecule has 0 saturated carbocycles. The molecular formula is C10H11N3O2. The number of hydrogen-bond acceptors (Lipinski definition) is 4. The van der Waals surface area contributed by atoms with Crippen LogP contribution >= 0.6 is 0 Å². The third kappa shape index (κ3) is 2.32. The Labute approximate surface area is 87.0 Å². The Morgan fingerprint density at radius 1 is 1.47 bits per heavy atom. The highest BCUT2D eigenvalue weighted by molar-refractivity contribution is 5.28. The smallest absolute Gasteiger partial charge is 0.165 e. The summed E-state index contributed by atoms with van der Waals surface area (Å²) in [6, 6.07) is 3.42. The Morgan fingerprint density at radius 3 is 3.00 bits per heavy atom. The van der Waals surface area contributed by atoms with Gasteiger partial charge in [0, 0.05) is 19.3 Å². The van der Waals surface area contributed by atoms with Crippen molar-refractivity contribution in [2.75, 3.05) is 0 Å². The maximum atomic E-state index is 8.90. The molecule has 2 aromatic heterocycles. The lowest BCUT2D eigenvalue weighted by Gasteiger charge is -2.02. The normalized spacial score (nSPS) is 10.3. The lowest BCUT2D eigenvalue weighted by molar-refractivity contribution is 0.276. The van der Waals surface area contributed by atoms with Gasteiger partial charge in [0.2, 0.25) is 0 Å². The molecule has 0 aliphatic carbocycles. The summed E-state index contributed by atoms with van der Waals surface area (Å²) in [6.45, 7) is -0.0930. The molecule has 2 aromatic rings. The van der Waals surface area contributed by atoms with Crippen molar-refractivity contribution in [3.8, 4) is 11.5 Å². The molecule has 0 unspecified atom stereocenters. The number of aliphatic hydroxyl groups is 1. The Kier molecular flexibility index (Phi) is 2.64. The van der Waals surface area contributed by atoms with Crippen molar-refractivity contribution in [3.63, 3.8) is 0 Å². The summed E-state index contributed by atoms with van der Waals surface area (Å²) in [5.41, 5.74) is 0.580. The molecular weight excluding hydrogens is 194 g/mol. The summed E-state index contributed by atoms with van der Waals surface area (Å²) in [7, 11) is 1.82. The van der Waals surface area contributed by atoms with Gasteiger partial charge in [0.1, 0.15) is 5.75 Å². The lowest BCUT2D eigenvalue weighted by atomic mass is 10.3. The SMILES string of the molecule is Cn1cc(Oc2ccnc(CO)c2)cn1. The third-order valence-electron chi connectivity index (χ3n) is 1.87. The van der Waals surface area contributed by atoms with Gasteiger partial charge in [-0.2, -0.15) is 5.10 Å². The van der Waals surface area contributed by atoms with E-state index in [2.05, 4.69) is 10.1 Å². The Bertz CT molecular complexity index is 453. The van der Waals surface area contributed by atoms with E-state index in [1.54, 1.807) is 35.4 Å². The van der Waals surface area contributed by atoms with Crippen LogP contribution in [0, 0.1) is 0 Å². The van der Waals surface area contributed by atoms with Crippen LogP contribution < -0.4 is 4.74 Å². The van der Waals surface area contributed by atoms with Gasteiger partial charge in [-0.15, -0.1) is 0 Å². The van der Waals surface area contributed by atoms with Crippen LogP contribution in [0.5, 0.6) is 11.5 Å². The van der Waals surface area contributed by atoms with E-state index in [1.165, 1.54) is 0 Å². The van der Waals surface area contributed by atoms with Crippen molar-refractivity contribution >= 4 is 0 Å². The van der Waals surface area contributed by atoms with E-state index in [0.717, 1.165) is 0 Å². The predicted octanol–water partition coefficient (Wildman–Crippen LogP) is 1.10. The zero-order chi connectivity index (χ0) is 10.7. The molecule has 1 N–H and O–H groups in total. The predicted molar refractivity (Wildman–Crippen MR) is 53.4 cm³/mol. The summed E-state index contributed by atoms with van der Waals surface area (Å²) in [6.07, 6.45) is 4.98. The van der Waals surface area contributed by atoms with Crippen LogP contribution in [0.2, 0.25) is 0 Å². The molecule has 2 heterocycles. The maximum Gasteiger partial charge on any atom is 0.165 e. The first-order valence-corrected chi connectivity index (χ1v) is 4.50. The molecule has 5 nitrogen and oxygen atoms in total. The van der Waals surface area contributed by atoms with Gasteiger partial charge < -0.3 is 9.84 Å². The molecule has 0 fully saturated rings. The van der Waals surface area contributed by atoms with Gasteiger partial charge in [-0.05, 0) is 6.07 Å². The van der Waals surface area contributed by atoms with Gasteiger partial charge in [-0.1, -0.05) is 0 Å². The van der Waals surface area contributed by atoms with Crippen LogP contribution in [-0.4, -0.2) is 19.9 Å². The van der Waals surface area contributed by atoms with Gasteiger partial charge in [0.15, 0.2) is 5.75 Å². The van der Waals surface area contributed by atoms with Crippen molar-refractivity contribution in [1.82, 2.24) is 14.8 Å². The van der Waals surface area contributed by atoms with Crippen molar-refractivity contribution in [3.05, 3.63) is 36.4 Å². The monoisotopic (exact) mass is 205 g/mol. The maximum absolute atomic E-state index is 8.90. The second kappa shape index (κ2) is 4.10. The molecule has 2 rings (SSSR count). The fraction of sp³-hybridized carbons (Fsp3) is 0.200. The van der Waals surface area contributed by atoms with E-state index in [-0.39, 0.29) is 6.61 Å². The summed E-state index contributed by atoms with van der Waals surface area (Å²) >= 11 is 0. The summed E-state index contributed by atoms with van der Waals surface area (Å²) < 4.78 is 7.16. The molecule has 0 radical (unpaired) electrons. The number of aromatic nitrogens is 3. The molecule has 15 heavy (non-hydrogen) atoms.